The van der Waals surface area contributed by atoms with Crippen LogP contribution in [0.2, 0.25) is 10.0 Å². The molecular weight excluding hydrogens is 383 g/mol. The Balaban J connectivity index is 2.29. The second kappa shape index (κ2) is 7.03. The Morgan fingerprint density at radius 2 is 2.04 bits per heavy atom. The smallest absolute Gasteiger partial charge is 0.318 e. The van der Waals surface area contributed by atoms with Crippen LogP contribution in [0.1, 0.15) is 23.0 Å². The molecule has 0 bridgehead atoms. The molecule has 0 aliphatic heterocycles. The zero-order valence-electron chi connectivity index (χ0n) is 13.2. The van der Waals surface area contributed by atoms with E-state index in [4.69, 9.17) is 39.4 Å². The number of amides is 1. The number of primary amides is 1. The lowest BCUT2D eigenvalue weighted by atomic mass is 10.1. The van der Waals surface area contributed by atoms with Crippen molar-refractivity contribution in [2.45, 2.75) is 13.3 Å². The lowest BCUT2D eigenvalue weighted by molar-refractivity contribution is 0.100. The van der Waals surface area contributed by atoms with E-state index in [1.165, 1.54) is 0 Å². The molecule has 1 aromatic carbocycles. The second-order valence-corrected chi connectivity index (χ2v) is 7.03. The fraction of sp³-hybridized carbons (Fsp3) is 0.188. The van der Waals surface area contributed by atoms with Gasteiger partial charge in [0.2, 0.25) is 0 Å². The summed E-state index contributed by atoms with van der Waals surface area (Å²) >= 11 is 13.2. The summed E-state index contributed by atoms with van der Waals surface area (Å²) in [5.41, 5.74) is 13.0. The Bertz CT molecular complexity index is 974. The summed E-state index contributed by atoms with van der Waals surface area (Å²) in [7, 11) is 0. The fourth-order valence-electron chi connectivity index (χ4n) is 2.30. The molecule has 2 aromatic heterocycles. The standard InChI is InChI=1S/C16H14Cl2N4O2S/c1-2-5-24-16-21-12(7-3-4-8(17)9(18)6-7)10-11(19)13(14(20)23)25-15(10)22-16/h3-4,6H,2,5,19H2,1H3,(H2,20,23). The van der Waals surface area contributed by atoms with Crippen molar-refractivity contribution in [2.75, 3.05) is 12.3 Å². The number of carbonyl (C=O) groups is 1. The molecule has 1 amide bonds. The first-order chi connectivity index (χ1) is 11.9. The minimum absolute atomic E-state index is 0.202. The monoisotopic (exact) mass is 396 g/mol. The first-order valence-corrected chi connectivity index (χ1v) is 8.97. The van der Waals surface area contributed by atoms with Crippen molar-refractivity contribution >= 4 is 56.3 Å². The van der Waals surface area contributed by atoms with Crippen molar-refractivity contribution in [2.24, 2.45) is 5.73 Å². The van der Waals surface area contributed by atoms with Gasteiger partial charge in [0.1, 0.15) is 9.71 Å². The van der Waals surface area contributed by atoms with E-state index >= 15 is 0 Å². The number of halogens is 2. The van der Waals surface area contributed by atoms with E-state index in [1.54, 1.807) is 18.2 Å². The Morgan fingerprint density at radius 3 is 2.68 bits per heavy atom. The fourth-order valence-corrected chi connectivity index (χ4v) is 3.53. The molecule has 2 heterocycles. The Morgan fingerprint density at radius 1 is 1.28 bits per heavy atom. The average Bonchev–Trinajstić information content (AvgIpc) is 2.92. The number of benzene rings is 1. The number of nitrogen functional groups attached to an aromatic ring is 1. The molecule has 3 aromatic rings. The van der Waals surface area contributed by atoms with Crippen LogP contribution in [0.5, 0.6) is 6.01 Å². The number of anilines is 1. The quantitative estimate of drug-likeness (QED) is 0.674. The van der Waals surface area contributed by atoms with E-state index in [-0.39, 0.29) is 16.6 Å². The van der Waals surface area contributed by atoms with Crippen LogP contribution in [0.25, 0.3) is 21.5 Å². The SMILES string of the molecule is CCCOc1nc(-c2ccc(Cl)c(Cl)c2)c2c(N)c(C(N)=O)sc2n1. The number of fused-ring (bicyclic) bond motifs is 1. The minimum Gasteiger partial charge on any atom is -0.463 e. The van der Waals surface area contributed by atoms with Crippen LogP contribution >= 0.6 is 34.5 Å². The summed E-state index contributed by atoms with van der Waals surface area (Å²) in [6.45, 7) is 2.45. The van der Waals surface area contributed by atoms with Gasteiger partial charge in [-0.25, -0.2) is 0 Å². The van der Waals surface area contributed by atoms with Crippen LogP contribution in [0, 0.1) is 0 Å². The predicted molar refractivity (Wildman–Crippen MR) is 102 cm³/mol. The summed E-state index contributed by atoms with van der Waals surface area (Å²) in [4.78, 5) is 21.2. The largest absolute Gasteiger partial charge is 0.463 e. The number of thiophene rings is 1. The summed E-state index contributed by atoms with van der Waals surface area (Å²) in [5.74, 6) is -0.614. The lowest BCUT2D eigenvalue weighted by Gasteiger charge is -2.08. The van der Waals surface area contributed by atoms with E-state index in [2.05, 4.69) is 9.97 Å². The minimum atomic E-state index is -0.614. The molecule has 130 valence electrons. The van der Waals surface area contributed by atoms with E-state index in [0.717, 1.165) is 17.8 Å². The third-order valence-electron chi connectivity index (χ3n) is 3.42. The highest BCUT2D eigenvalue weighted by molar-refractivity contribution is 7.21. The van der Waals surface area contributed by atoms with Crippen LogP contribution in [0.4, 0.5) is 5.69 Å². The first kappa shape index (κ1) is 17.7. The van der Waals surface area contributed by atoms with E-state index < -0.39 is 5.91 Å². The van der Waals surface area contributed by atoms with Crippen LogP contribution in [0.3, 0.4) is 0 Å². The summed E-state index contributed by atoms with van der Waals surface area (Å²) in [6.07, 6.45) is 0.808. The highest BCUT2D eigenvalue weighted by Crippen LogP contribution is 2.40. The zero-order valence-corrected chi connectivity index (χ0v) is 15.5. The van der Waals surface area contributed by atoms with Crippen molar-refractivity contribution in [3.8, 4) is 17.3 Å². The number of rotatable bonds is 5. The van der Waals surface area contributed by atoms with Crippen molar-refractivity contribution in [3.63, 3.8) is 0 Å². The maximum atomic E-state index is 11.6. The number of nitrogens with zero attached hydrogens (tertiary/aromatic N) is 2. The molecular formula is C16H14Cl2N4O2S. The van der Waals surface area contributed by atoms with Crippen LogP contribution in [0.15, 0.2) is 18.2 Å². The molecule has 0 unspecified atom stereocenters. The third kappa shape index (κ3) is 3.35. The summed E-state index contributed by atoms with van der Waals surface area (Å²) < 4.78 is 5.56. The molecule has 9 heteroatoms. The average molecular weight is 397 g/mol. The summed E-state index contributed by atoms with van der Waals surface area (Å²) in [5, 5.41) is 1.35. The molecule has 6 nitrogen and oxygen atoms in total. The maximum absolute atomic E-state index is 11.6. The van der Waals surface area contributed by atoms with Crippen molar-refractivity contribution in [3.05, 3.63) is 33.1 Å². The van der Waals surface area contributed by atoms with Gasteiger partial charge in [0.15, 0.2) is 0 Å². The highest BCUT2D eigenvalue weighted by atomic mass is 35.5. The second-order valence-electron chi connectivity index (χ2n) is 5.22. The number of hydrogen-bond donors (Lipinski definition) is 2. The van der Waals surface area contributed by atoms with Gasteiger partial charge in [-0.2, -0.15) is 9.97 Å². The van der Waals surface area contributed by atoms with Crippen LogP contribution in [-0.4, -0.2) is 22.5 Å². The highest BCUT2D eigenvalue weighted by Gasteiger charge is 2.21. The molecule has 0 aliphatic carbocycles. The van der Waals surface area contributed by atoms with Crippen molar-refractivity contribution < 1.29 is 9.53 Å². The van der Waals surface area contributed by atoms with Gasteiger partial charge in [-0.1, -0.05) is 36.2 Å². The van der Waals surface area contributed by atoms with Gasteiger partial charge >= 0.3 is 6.01 Å². The molecule has 0 aliphatic rings. The molecule has 0 fully saturated rings. The van der Waals surface area contributed by atoms with Gasteiger partial charge in [-0.15, -0.1) is 11.3 Å². The molecule has 0 spiro atoms. The van der Waals surface area contributed by atoms with Crippen molar-refractivity contribution in [1.29, 1.82) is 0 Å². The third-order valence-corrected chi connectivity index (χ3v) is 5.27. The summed E-state index contributed by atoms with van der Waals surface area (Å²) in [6, 6.07) is 5.31. The molecule has 4 N–H and O–H groups in total. The van der Waals surface area contributed by atoms with Crippen LogP contribution < -0.4 is 16.2 Å². The van der Waals surface area contributed by atoms with Gasteiger partial charge in [0.25, 0.3) is 5.91 Å². The van der Waals surface area contributed by atoms with E-state index in [0.29, 0.717) is 38.1 Å². The molecule has 0 saturated carbocycles. The normalized spacial score (nSPS) is 11.0. The van der Waals surface area contributed by atoms with Gasteiger partial charge in [0.05, 0.1) is 33.4 Å². The van der Waals surface area contributed by atoms with Gasteiger partial charge < -0.3 is 16.2 Å². The number of nitrogens with two attached hydrogens (primary N) is 2. The van der Waals surface area contributed by atoms with Crippen molar-refractivity contribution in [1.82, 2.24) is 9.97 Å². The topological polar surface area (TPSA) is 104 Å². The van der Waals surface area contributed by atoms with E-state index in [9.17, 15) is 4.79 Å². The molecule has 3 rings (SSSR count). The van der Waals surface area contributed by atoms with Gasteiger partial charge in [-0.05, 0) is 18.6 Å². The molecule has 0 saturated heterocycles. The first-order valence-electron chi connectivity index (χ1n) is 7.40. The van der Waals surface area contributed by atoms with Gasteiger partial charge in [0, 0.05) is 5.56 Å². The zero-order chi connectivity index (χ0) is 18.1. The number of carbonyl (C=O) groups excluding carboxylic acids is 1. The number of ether oxygens (including phenoxy) is 1. The van der Waals surface area contributed by atoms with Gasteiger partial charge in [-0.3, -0.25) is 4.79 Å². The predicted octanol–water partition coefficient (Wildman–Crippen LogP) is 4.14. The Labute approximate surface area is 157 Å². The Hall–Kier alpha value is -2.09. The van der Waals surface area contributed by atoms with E-state index in [1.807, 2.05) is 6.92 Å². The number of aromatic nitrogens is 2. The molecule has 0 atom stereocenters. The maximum Gasteiger partial charge on any atom is 0.318 e. The molecule has 0 radical (unpaired) electrons. The Kier molecular flexibility index (Phi) is 4.99. The lowest BCUT2D eigenvalue weighted by Crippen LogP contribution is -2.10. The van der Waals surface area contributed by atoms with Crippen LogP contribution in [-0.2, 0) is 0 Å². The molecule has 25 heavy (non-hydrogen) atoms. The number of hydrogen-bond acceptors (Lipinski definition) is 6.